The summed E-state index contributed by atoms with van der Waals surface area (Å²) in [5.74, 6) is 0. The summed E-state index contributed by atoms with van der Waals surface area (Å²) in [6, 6.07) is 21.0. The average Bonchev–Trinajstić information content (AvgIpc) is 2.30. The van der Waals surface area contributed by atoms with Gasteiger partial charge in [-0.2, -0.15) is 0 Å². The molecule has 0 spiro atoms. The van der Waals surface area contributed by atoms with Gasteiger partial charge < -0.3 is 0 Å². The van der Waals surface area contributed by atoms with E-state index in [2.05, 4.69) is 57.8 Å². The van der Waals surface area contributed by atoms with Crippen molar-refractivity contribution in [2.75, 3.05) is 0 Å². The van der Waals surface area contributed by atoms with Crippen molar-refractivity contribution >= 4 is 9.24 Å². The topological polar surface area (TPSA) is 0 Å². The van der Waals surface area contributed by atoms with Crippen LogP contribution in [0.5, 0.6) is 0 Å². The van der Waals surface area contributed by atoms with Gasteiger partial charge in [0.15, 0.2) is 0 Å². The maximum atomic E-state index is 2.89. The van der Waals surface area contributed by atoms with Gasteiger partial charge in [-0.15, -0.1) is 9.24 Å². The van der Waals surface area contributed by atoms with Crippen LogP contribution >= 0.6 is 9.24 Å². The summed E-state index contributed by atoms with van der Waals surface area (Å²) in [7, 11) is 2.89. The van der Waals surface area contributed by atoms with E-state index < -0.39 is 0 Å². The maximum Gasteiger partial charge on any atom is 0.0234 e. The van der Waals surface area contributed by atoms with Gasteiger partial charge in [-0.05, 0) is 11.1 Å². The number of hydrogen-bond acceptors (Lipinski definition) is 0. The Morgan fingerprint density at radius 1 is 0.643 bits per heavy atom. The minimum absolute atomic E-state index is 0.400. The molecule has 2 aromatic carbocycles. The van der Waals surface area contributed by atoms with Crippen molar-refractivity contribution < 1.29 is 0 Å². The van der Waals surface area contributed by atoms with Crippen molar-refractivity contribution in [1.82, 2.24) is 0 Å². The van der Waals surface area contributed by atoms with Crippen LogP contribution in [0.3, 0.4) is 0 Å². The predicted octanol–water partition coefficient (Wildman–Crippen LogP) is 3.65. The highest BCUT2D eigenvalue weighted by molar-refractivity contribution is 7.17. The Bertz CT molecular complexity index is 341. The van der Waals surface area contributed by atoms with E-state index in [-0.39, 0.29) is 0 Å². The van der Waals surface area contributed by atoms with E-state index in [0.29, 0.717) is 5.66 Å². The first-order valence-electron chi connectivity index (χ1n) is 4.73. The van der Waals surface area contributed by atoms with Gasteiger partial charge in [-0.1, -0.05) is 60.7 Å². The zero-order chi connectivity index (χ0) is 9.80. The molecule has 1 heteroatoms. The summed E-state index contributed by atoms with van der Waals surface area (Å²) in [6.07, 6.45) is 0. The van der Waals surface area contributed by atoms with Gasteiger partial charge in [0.05, 0.1) is 0 Å². The summed E-state index contributed by atoms with van der Waals surface area (Å²) in [4.78, 5) is 0. The third-order valence-electron chi connectivity index (χ3n) is 2.32. The van der Waals surface area contributed by atoms with E-state index in [9.17, 15) is 0 Å². The molecular formula is C13H13P. The van der Waals surface area contributed by atoms with Crippen molar-refractivity contribution in [3.63, 3.8) is 0 Å². The molecule has 0 N–H and O–H groups in total. The van der Waals surface area contributed by atoms with Crippen molar-refractivity contribution in [2.24, 2.45) is 0 Å². The maximum absolute atomic E-state index is 2.89. The predicted molar refractivity (Wildman–Crippen MR) is 64.4 cm³/mol. The van der Waals surface area contributed by atoms with E-state index in [1.165, 1.54) is 11.1 Å². The smallest absolute Gasteiger partial charge is 0.0234 e. The molecule has 2 aromatic rings. The summed E-state index contributed by atoms with van der Waals surface area (Å²) in [5, 5.41) is 0. The molecule has 0 aliphatic rings. The van der Waals surface area contributed by atoms with Crippen LogP contribution in [0, 0.1) is 0 Å². The fourth-order valence-electron chi connectivity index (χ4n) is 1.51. The number of rotatable bonds is 2. The lowest BCUT2D eigenvalue weighted by Gasteiger charge is -2.11. The van der Waals surface area contributed by atoms with Crippen LogP contribution < -0.4 is 0 Å². The van der Waals surface area contributed by atoms with E-state index in [1.54, 1.807) is 0 Å². The molecule has 0 amide bonds. The van der Waals surface area contributed by atoms with Crippen molar-refractivity contribution in [1.29, 1.82) is 0 Å². The number of benzene rings is 2. The van der Waals surface area contributed by atoms with Crippen LogP contribution in [0.1, 0.15) is 16.8 Å². The molecule has 0 saturated heterocycles. The Morgan fingerprint density at radius 2 is 1.00 bits per heavy atom. The molecule has 0 aliphatic heterocycles. The summed E-state index contributed by atoms with van der Waals surface area (Å²) < 4.78 is 0. The van der Waals surface area contributed by atoms with Crippen LogP contribution in [0.4, 0.5) is 0 Å². The molecule has 0 fully saturated rings. The average molecular weight is 200 g/mol. The highest BCUT2D eigenvalue weighted by Gasteiger charge is 2.05. The van der Waals surface area contributed by atoms with E-state index in [1.807, 2.05) is 12.1 Å². The lowest BCUT2D eigenvalue weighted by Crippen LogP contribution is -1.90. The van der Waals surface area contributed by atoms with Crippen LogP contribution in [0.2, 0.25) is 0 Å². The molecule has 2 rings (SSSR count). The van der Waals surface area contributed by atoms with E-state index in [0.717, 1.165) is 0 Å². The Balaban J connectivity index is 2.30. The zero-order valence-corrected chi connectivity index (χ0v) is 9.08. The third-order valence-corrected chi connectivity index (χ3v) is 3.09. The molecule has 0 heterocycles. The molecule has 0 saturated carbocycles. The molecule has 1 unspecified atom stereocenters. The van der Waals surface area contributed by atoms with Gasteiger partial charge in [0.2, 0.25) is 0 Å². The van der Waals surface area contributed by atoms with Crippen LogP contribution in [0.15, 0.2) is 60.7 Å². The lowest BCUT2D eigenvalue weighted by molar-refractivity contribution is 1.16. The molecule has 1 atom stereocenters. The van der Waals surface area contributed by atoms with Crippen LogP contribution in [0.25, 0.3) is 0 Å². The SMILES string of the molecule is PC(c1ccccc1)c1ccccc1. The van der Waals surface area contributed by atoms with Gasteiger partial charge in [0.25, 0.3) is 0 Å². The van der Waals surface area contributed by atoms with Crippen LogP contribution in [-0.2, 0) is 0 Å². The summed E-state index contributed by atoms with van der Waals surface area (Å²) >= 11 is 0. The normalized spacial score (nSPS) is 10.4. The Morgan fingerprint density at radius 3 is 1.36 bits per heavy atom. The van der Waals surface area contributed by atoms with Gasteiger partial charge in [-0.25, -0.2) is 0 Å². The van der Waals surface area contributed by atoms with Gasteiger partial charge in [0, 0.05) is 5.66 Å². The highest BCUT2D eigenvalue weighted by Crippen LogP contribution is 2.30. The third kappa shape index (κ3) is 2.02. The van der Waals surface area contributed by atoms with Crippen molar-refractivity contribution in [2.45, 2.75) is 5.66 Å². The van der Waals surface area contributed by atoms with E-state index >= 15 is 0 Å². The number of hydrogen-bond donors (Lipinski definition) is 0. The largest absolute Gasteiger partial charge is 0.125 e. The van der Waals surface area contributed by atoms with E-state index in [4.69, 9.17) is 0 Å². The summed E-state index contributed by atoms with van der Waals surface area (Å²) in [6.45, 7) is 0. The molecule has 0 nitrogen and oxygen atoms in total. The lowest BCUT2D eigenvalue weighted by atomic mass is 10.0. The standard InChI is InChI=1S/C13H13P/c14-13(11-7-3-1-4-8-11)12-9-5-2-6-10-12/h1-10,13H,14H2. The Hall–Kier alpha value is -1.13. The second-order valence-electron chi connectivity index (χ2n) is 3.30. The first kappa shape index (κ1) is 9.43. The quantitative estimate of drug-likeness (QED) is 0.649. The first-order chi connectivity index (χ1) is 6.88. The fourth-order valence-corrected chi connectivity index (χ4v) is 1.96. The molecule has 14 heavy (non-hydrogen) atoms. The second-order valence-corrected chi connectivity index (χ2v) is 3.97. The molecule has 0 aliphatic carbocycles. The Labute approximate surface area is 87.2 Å². The van der Waals surface area contributed by atoms with Gasteiger partial charge in [-0.3, -0.25) is 0 Å². The van der Waals surface area contributed by atoms with Crippen molar-refractivity contribution in [3.8, 4) is 0 Å². The van der Waals surface area contributed by atoms with Gasteiger partial charge in [0.1, 0.15) is 0 Å². The minimum Gasteiger partial charge on any atom is -0.125 e. The monoisotopic (exact) mass is 200 g/mol. The molecular weight excluding hydrogens is 187 g/mol. The molecule has 0 bridgehead atoms. The molecule has 0 radical (unpaired) electrons. The van der Waals surface area contributed by atoms with Crippen molar-refractivity contribution in [3.05, 3.63) is 71.8 Å². The van der Waals surface area contributed by atoms with Gasteiger partial charge >= 0.3 is 0 Å². The first-order valence-corrected chi connectivity index (χ1v) is 5.40. The fraction of sp³-hybridized carbons (Fsp3) is 0.0769. The molecule has 0 aromatic heterocycles. The zero-order valence-electron chi connectivity index (χ0n) is 7.93. The minimum atomic E-state index is 0.400. The van der Waals surface area contributed by atoms with Crippen LogP contribution in [-0.4, -0.2) is 0 Å². The Kier molecular flexibility index (Phi) is 2.96. The second kappa shape index (κ2) is 4.39. The summed E-state index contributed by atoms with van der Waals surface area (Å²) in [5.41, 5.74) is 3.07. The highest BCUT2D eigenvalue weighted by atomic mass is 31.0. The molecule has 70 valence electrons.